The number of hydrogen-bond acceptors (Lipinski definition) is 5. The van der Waals surface area contributed by atoms with Crippen molar-refractivity contribution < 1.29 is 14.4 Å². The van der Waals surface area contributed by atoms with Crippen molar-refractivity contribution in [3.63, 3.8) is 0 Å². The molecule has 2 fully saturated rings. The molecule has 0 bridgehead atoms. The molecule has 1 aromatic rings. The van der Waals surface area contributed by atoms with Crippen LogP contribution in [0, 0.1) is 5.92 Å². The first-order valence-corrected chi connectivity index (χ1v) is 7.19. The Labute approximate surface area is 124 Å². The molecule has 0 aliphatic carbocycles. The van der Waals surface area contributed by atoms with Crippen LogP contribution in [0.1, 0.15) is 26.5 Å². The third-order valence-corrected chi connectivity index (χ3v) is 3.89. The van der Waals surface area contributed by atoms with Gasteiger partial charge in [-0.2, -0.15) is 5.48 Å². The standard InChI is InChI=1S/C15H21N3O3/c1-14(2,3)21-13(19)18-8-11-9-20-17-15(11,10-18)12-6-4-5-7-16-12/h4-7,11,17H,8-10H2,1-3H3/t11-,15-/m0/s1. The van der Waals surface area contributed by atoms with Crippen molar-refractivity contribution in [1.82, 2.24) is 15.4 Å². The Kier molecular flexibility index (Phi) is 3.37. The number of ether oxygens (including phenoxy) is 1. The van der Waals surface area contributed by atoms with Gasteiger partial charge in [0.25, 0.3) is 0 Å². The molecule has 1 amide bonds. The van der Waals surface area contributed by atoms with Crippen molar-refractivity contribution in [3.8, 4) is 0 Å². The van der Waals surface area contributed by atoms with Gasteiger partial charge in [-0.15, -0.1) is 0 Å². The Hall–Kier alpha value is -1.66. The van der Waals surface area contributed by atoms with E-state index in [0.717, 1.165) is 5.69 Å². The third-order valence-electron chi connectivity index (χ3n) is 3.89. The van der Waals surface area contributed by atoms with E-state index in [1.165, 1.54) is 0 Å². The molecule has 1 aromatic heterocycles. The first kappa shape index (κ1) is 14.3. The highest BCUT2D eigenvalue weighted by Crippen LogP contribution is 2.40. The number of pyridine rings is 1. The SMILES string of the molecule is CC(C)(C)OC(=O)N1C[C@H]2CON[C@@]2(c2ccccn2)C1. The minimum atomic E-state index is -0.489. The van der Waals surface area contributed by atoms with Crippen molar-refractivity contribution in [2.45, 2.75) is 31.9 Å². The van der Waals surface area contributed by atoms with Crippen LogP contribution in [-0.2, 0) is 15.1 Å². The van der Waals surface area contributed by atoms with E-state index in [0.29, 0.717) is 19.7 Å². The molecule has 2 saturated heterocycles. The minimum absolute atomic E-state index is 0.180. The summed E-state index contributed by atoms with van der Waals surface area (Å²) in [4.78, 5) is 23.9. The number of nitrogens with one attached hydrogen (secondary N) is 1. The molecule has 21 heavy (non-hydrogen) atoms. The van der Waals surface area contributed by atoms with Crippen LogP contribution in [0.15, 0.2) is 24.4 Å². The number of aromatic nitrogens is 1. The van der Waals surface area contributed by atoms with E-state index < -0.39 is 11.1 Å². The summed E-state index contributed by atoms with van der Waals surface area (Å²) < 4.78 is 5.47. The Bertz CT molecular complexity index is 529. The van der Waals surface area contributed by atoms with Gasteiger partial charge < -0.3 is 14.5 Å². The van der Waals surface area contributed by atoms with Gasteiger partial charge in [0.2, 0.25) is 0 Å². The lowest BCUT2D eigenvalue weighted by Gasteiger charge is -2.28. The Morgan fingerprint density at radius 2 is 2.33 bits per heavy atom. The molecule has 0 saturated carbocycles. The molecule has 6 nitrogen and oxygen atoms in total. The molecule has 2 aliphatic rings. The van der Waals surface area contributed by atoms with Crippen LogP contribution in [0.5, 0.6) is 0 Å². The van der Waals surface area contributed by atoms with Crippen LogP contribution in [0.2, 0.25) is 0 Å². The molecule has 3 rings (SSSR count). The van der Waals surface area contributed by atoms with Crippen LogP contribution in [0.3, 0.4) is 0 Å². The number of fused-ring (bicyclic) bond motifs is 1. The van der Waals surface area contributed by atoms with Gasteiger partial charge in [-0.05, 0) is 32.9 Å². The van der Waals surface area contributed by atoms with E-state index in [1.807, 2.05) is 39.0 Å². The molecule has 3 heterocycles. The lowest BCUT2D eigenvalue weighted by Crippen LogP contribution is -2.45. The van der Waals surface area contributed by atoms with E-state index in [-0.39, 0.29) is 12.0 Å². The van der Waals surface area contributed by atoms with E-state index in [4.69, 9.17) is 9.57 Å². The Morgan fingerprint density at radius 3 is 3.00 bits per heavy atom. The summed E-state index contributed by atoms with van der Waals surface area (Å²) in [5, 5.41) is 0. The molecule has 6 heteroatoms. The summed E-state index contributed by atoms with van der Waals surface area (Å²) in [6, 6.07) is 5.79. The average Bonchev–Trinajstić information content (AvgIpc) is 2.95. The monoisotopic (exact) mass is 291 g/mol. The predicted octanol–water partition coefficient (Wildman–Crippen LogP) is 1.68. The van der Waals surface area contributed by atoms with Crippen molar-refractivity contribution in [3.05, 3.63) is 30.1 Å². The smallest absolute Gasteiger partial charge is 0.410 e. The first-order chi connectivity index (χ1) is 9.91. The zero-order valence-electron chi connectivity index (χ0n) is 12.6. The van der Waals surface area contributed by atoms with Gasteiger partial charge in [0, 0.05) is 18.7 Å². The fraction of sp³-hybridized carbons (Fsp3) is 0.600. The van der Waals surface area contributed by atoms with Crippen LogP contribution < -0.4 is 5.48 Å². The maximum atomic E-state index is 12.3. The number of carbonyl (C=O) groups is 1. The van der Waals surface area contributed by atoms with Gasteiger partial charge in [-0.3, -0.25) is 4.98 Å². The number of hydrogen-bond donors (Lipinski definition) is 1. The lowest BCUT2D eigenvalue weighted by atomic mass is 9.86. The normalized spacial score (nSPS) is 28.5. The second-order valence-electron chi connectivity index (χ2n) is 6.66. The van der Waals surface area contributed by atoms with Gasteiger partial charge >= 0.3 is 6.09 Å². The maximum Gasteiger partial charge on any atom is 0.410 e. The number of nitrogens with zero attached hydrogens (tertiary/aromatic N) is 2. The number of likely N-dealkylation sites (tertiary alicyclic amines) is 1. The van der Waals surface area contributed by atoms with Gasteiger partial charge in [-0.1, -0.05) is 6.07 Å². The molecular weight excluding hydrogens is 270 g/mol. The fourth-order valence-corrected chi connectivity index (χ4v) is 2.93. The number of hydroxylamine groups is 1. The summed E-state index contributed by atoms with van der Waals surface area (Å²) >= 11 is 0. The summed E-state index contributed by atoms with van der Waals surface area (Å²) in [5.74, 6) is 0.180. The maximum absolute atomic E-state index is 12.3. The summed E-state index contributed by atoms with van der Waals surface area (Å²) in [6.07, 6.45) is 1.48. The second-order valence-corrected chi connectivity index (χ2v) is 6.66. The summed E-state index contributed by atoms with van der Waals surface area (Å²) in [6.45, 7) is 7.30. The van der Waals surface area contributed by atoms with Gasteiger partial charge in [-0.25, -0.2) is 4.79 Å². The largest absolute Gasteiger partial charge is 0.444 e. The van der Waals surface area contributed by atoms with Crippen molar-refractivity contribution in [2.24, 2.45) is 5.92 Å². The van der Waals surface area contributed by atoms with Gasteiger partial charge in [0.15, 0.2) is 0 Å². The number of rotatable bonds is 1. The summed E-state index contributed by atoms with van der Waals surface area (Å²) in [7, 11) is 0. The van der Waals surface area contributed by atoms with Crippen molar-refractivity contribution >= 4 is 6.09 Å². The zero-order chi connectivity index (χ0) is 15.1. The highest BCUT2D eigenvalue weighted by molar-refractivity contribution is 5.69. The molecule has 1 N–H and O–H groups in total. The van der Waals surface area contributed by atoms with Crippen LogP contribution >= 0.6 is 0 Å². The molecule has 2 aliphatic heterocycles. The number of carbonyl (C=O) groups excluding carboxylic acids is 1. The van der Waals surface area contributed by atoms with E-state index >= 15 is 0 Å². The Balaban J connectivity index is 1.81. The quantitative estimate of drug-likeness (QED) is 0.853. The minimum Gasteiger partial charge on any atom is -0.444 e. The molecule has 2 atom stereocenters. The number of amides is 1. The molecule has 0 aromatic carbocycles. The topological polar surface area (TPSA) is 63.7 Å². The third kappa shape index (κ3) is 2.61. The highest BCUT2D eigenvalue weighted by Gasteiger charge is 2.54. The summed E-state index contributed by atoms with van der Waals surface area (Å²) in [5.41, 5.74) is 3.06. The van der Waals surface area contributed by atoms with E-state index in [2.05, 4.69) is 10.5 Å². The van der Waals surface area contributed by atoms with Crippen LogP contribution in [-0.4, -0.2) is 41.3 Å². The van der Waals surface area contributed by atoms with Crippen molar-refractivity contribution in [2.75, 3.05) is 19.7 Å². The highest BCUT2D eigenvalue weighted by atomic mass is 16.7. The zero-order valence-corrected chi connectivity index (χ0v) is 12.6. The lowest BCUT2D eigenvalue weighted by molar-refractivity contribution is 0.0148. The van der Waals surface area contributed by atoms with Crippen LogP contribution in [0.25, 0.3) is 0 Å². The molecule has 0 spiro atoms. The Morgan fingerprint density at radius 1 is 1.52 bits per heavy atom. The fourth-order valence-electron chi connectivity index (χ4n) is 2.93. The van der Waals surface area contributed by atoms with Crippen LogP contribution in [0.4, 0.5) is 4.79 Å². The predicted molar refractivity (Wildman–Crippen MR) is 76.3 cm³/mol. The average molecular weight is 291 g/mol. The van der Waals surface area contributed by atoms with E-state index in [1.54, 1.807) is 11.1 Å². The van der Waals surface area contributed by atoms with Gasteiger partial charge in [0.05, 0.1) is 18.8 Å². The molecule has 0 unspecified atom stereocenters. The first-order valence-electron chi connectivity index (χ1n) is 7.19. The second kappa shape index (κ2) is 4.96. The van der Waals surface area contributed by atoms with Crippen molar-refractivity contribution in [1.29, 1.82) is 0 Å². The van der Waals surface area contributed by atoms with Gasteiger partial charge in [0.1, 0.15) is 11.1 Å². The molecule has 114 valence electrons. The molecule has 0 radical (unpaired) electrons. The van der Waals surface area contributed by atoms with E-state index in [9.17, 15) is 4.79 Å². The molecular formula is C15H21N3O3.